The normalized spacial score (nSPS) is 20.1. The molecule has 9 rings (SSSR count). The molecule has 3 heteroatoms. The minimum absolute atomic E-state index is 0.213. The molecule has 4 atom stereocenters. The summed E-state index contributed by atoms with van der Waals surface area (Å²) in [5.74, 6) is 2.12. The Labute approximate surface area is 299 Å². The molecule has 2 aliphatic rings. The first-order valence-electron chi connectivity index (χ1n) is 18.1. The average Bonchev–Trinajstić information content (AvgIpc) is 3.20. The van der Waals surface area contributed by atoms with Crippen molar-refractivity contribution in [3.8, 4) is 22.5 Å². The minimum Gasteiger partial charge on any atom is -0.256 e. The zero-order chi connectivity index (χ0) is 34.1. The highest BCUT2D eigenvalue weighted by molar-refractivity contribution is 5.96. The van der Waals surface area contributed by atoms with Gasteiger partial charge >= 0.3 is 0 Å². The maximum Gasteiger partial charge on any atom is 0.160 e. The van der Waals surface area contributed by atoms with E-state index in [2.05, 4.69) is 165 Å². The molecule has 0 saturated carbocycles. The maximum atomic E-state index is 5.29. The fourth-order valence-electron chi connectivity index (χ4n) is 7.94. The molecule has 51 heavy (non-hydrogen) atoms. The van der Waals surface area contributed by atoms with Crippen LogP contribution in [0.3, 0.4) is 0 Å². The Kier molecular flexibility index (Phi) is 8.17. The number of hydrogen-bond donors (Lipinski definition) is 0. The number of fused-ring (bicyclic) bond motifs is 2. The van der Waals surface area contributed by atoms with E-state index >= 15 is 0 Å². The molecule has 2 aromatic heterocycles. The van der Waals surface area contributed by atoms with E-state index < -0.39 is 0 Å². The summed E-state index contributed by atoms with van der Waals surface area (Å²) in [4.78, 5) is 15.3. The molecule has 4 unspecified atom stereocenters. The molecule has 0 fully saturated rings. The van der Waals surface area contributed by atoms with Crippen LogP contribution in [0.4, 0.5) is 0 Å². The summed E-state index contributed by atoms with van der Waals surface area (Å²) in [5, 5.41) is 3.68. The van der Waals surface area contributed by atoms with E-state index in [0.717, 1.165) is 46.7 Å². The van der Waals surface area contributed by atoms with Crippen LogP contribution in [-0.4, -0.2) is 15.0 Å². The monoisotopic (exact) mass is 657 g/mol. The summed E-state index contributed by atoms with van der Waals surface area (Å²) < 4.78 is 0. The molecule has 2 aliphatic carbocycles. The van der Waals surface area contributed by atoms with Gasteiger partial charge in [0, 0.05) is 34.9 Å². The topological polar surface area (TPSA) is 38.7 Å². The molecule has 5 aromatic carbocycles. The van der Waals surface area contributed by atoms with Crippen LogP contribution in [0.15, 0.2) is 170 Å². The quantitative estimate of drug-likeness (QED) is 0.167. The predicted octanol–water partition coefficient (Wildman–Crippen LogP) is 12.1. The molecule has 0 spiro atoms. The van der Waals surface area contributed by atoms with Crippen molar-refractivity contribution >= 4 is 27.2 Å². The lowest BCUT2D eigenvalue weighted by Crippen LogP contribution is -2.18. The zero-order valence-corrected chi connectivity index (χ0v) is 28.7. The fourth-order valence-corrected chi connectivity index (χ4v) is 7.94. The summed E-state index contributed by atoms with van der Waals surface area (Å²) in [5.41, 5.74) is 10.3. The lowest BCUT2D eigenvalue weighted by atomic mass is 9.76. The Morgan fingerprint density at radius 2 is 1.37 bits per heavy atom. The first kappa shape index (κ1) is 31.1. The SMILES string of the molecule is CC1CC(c2ccccc2)C=CC1c1cc(C2=CCC(c3cnc4ccccc4c3)C=C2)nc(-c2ccc(-c3cccc4ccccc34)cc2)n1. The number of hydrogen-bond acceptors (Lipinski definition) is 3. The lowest BCUT2D eigenvalue weighted by Gasteiger charge is -2.30. The van der Waals surface area contributed by atoms with Crippen LogP contribution in [-0.2, 0) is 0 Å². The van der Waals surface area contributed by atoms with Gasteiger partial charge in [0.2, 0.25) is 0 Å². The number of nitrogens with zero attached hydrogens (tertiary/aromatic N) is 3. The smallest absolute Gasteiger partial charge is 0.160 e. The molecule has 0 radical (unpaired) electrons. The van der Waals surface area contributed by atoms with Crippen LogP contribution in [0.2, 0.25) is 0 Å². The predicted molar refractivity (Wildman–Crippen MR) is 211 cm³/mol. The molecule has 0 N–H and O–H groups in total. The lowest BCUT2D eigenvalue weighted by molar-refractivity contribution is 0.434. The van der Waals surface area contributed by atoms with Gasteiger partial charge in [-0.15, -0.1) is 0 Å². The number of rotatable bonds is 6. The van der Waals surface area contributed by atoms with E-state index in [1.165, 1.54) is 38.4 Å². The Bertz CT molecular complexity index is 2450. The van der Waals surface area contributed by atoms with Gasteiger partial charge in [0.05, 0.1) is 16.9 Å². The summed E-state index contributed by atoms with van der Waals surface area (Å²) in [6.45, 7) is 2.37. The molecule has 0 saturated heterocycles. The van der Waals surface area contributed by atoms with Crippen molar-refractivity contribution in [3.63, 3.8) is 0 Å². The maximum absolute atomic E-state index is 5.29. The van der Waals surface area contributed by atoms with Gasteiger partial charge < -0.3 is 0 Å². The van der Waals surface area contributed by atoms with Gasteiger partial charge in [0.25, 0.3) is 0 Å². The molecule has 2 heterocycles. The molecule has 0 amide bonds. The second-order valence-electron chi connectivity index (χ2n) is 14.1. The molecule has 246 valence electrons. The number of aromatic nitrogens is 3. The zero-order valence-electron chi connectivity index (χ0n) is 28.7. The van der Waals surface area contributed by atoms with E-state index in [1.807, 2.05) is 12.3 Å². The van der Waals surface area contributed by atoms with Crippen molar-refractivity contribution in [3.05, 3.63) is 193 Å². The van der Waals surface area contributed by atoms with Crippen LogP contribution < -0.4 is 0 Å². The van der Waals surface area contributed by atoms with E-state index in [0.29, 0.717) is 11.8 Å². The molecular weight excluding hydrogens is 619 g/mol. The Morgan fingerprint density at radius 1 is 0.608 bits per heavy atom. The highest BCUT2D eigenvalue weighted by atomic mass is 14.9. The first-order valence-corrected chi connectivity index (χ1v) is 18.1. The number of pyridine rings is 1. The van der Waals surface area contributed by atoms with Crippen LogP contribution in [0, 0.1) is 5.92 Å². The van der Waals surface area contributed by atoms with Gasteiger partial charge in [0.1, 0.15) is 0 Å². The molecular formula is C48H39N3. The largest absolute Gasteiger partial charge is 0.256 e. The van der Waals surface area contributed by atoms with Crippen molar-refractivity contribution in [2.75, 3.05) is 0 Å². The van der Waals surface area contributed by atoms with Crippen molar-refractivity contribution in [1.82, 2.24) is 15.0 Å². The Balaban J connectivity index is 1.06. The highest BCUT2D eigenvalue weighted by Crippen LogP contribution is 2.41. The third-order valence-electron chi connectivity index (χ3n) is 10.8. The Hall–Kier alpha value is -5.93. The van der Waals surface area contributed by atoms with E-state index in [1.54, 1.807) is 0 Å². The highest BCUT2D eigenvalue weighted by Gasteiger charge is 2.28. The second kappa shape index (κ2) is 13.4. The van der Waals surface area contributed by atoms with Gasteiger partial charge in [-0.25, -0.2) is 9.97 Å². The second-order valence-corrected chi connectivity index (χ2v) is 14.1. The molecule has 7 aromatic rings. The summed E-state index contributed by atoms with van der Waals surface area (Å²) in [6, 6.07) is 47.6. The summed E-state index contributed by atoms with van der Waals surface area (Å²) >= 11 is 0. The van der Waals surface area contributed by atoms with Crippen LogP contribution in [0.1, 0.15) is 60.0 Å². The van der Waals surface area contributed by atoms with E-state index in [4.69, 9.17) is 15.0 Å². The average molecular weight is 658 g/mol. The molecule has 0 aliphatic heterocycles. The van der Waals surface area contributed by atoms with Crippen LogP contribution in [0.5, 0.6) is 0 Å². The molecule has 0 bridgehead atoms. The van der Waals surface area contributed by atoms with Gasteiger partial charge in [-0.2, -0.15) is 0 Å². The third kappa shape index (κ3) is 6.21. The van der Waals surface area contributed by atoms with Gasteiger partial charge in [-0.1, -0.05) is 153 Å². The summed E-state index contributed by atoms with van der Waals surface area (Å²) in [7, 11) is 0. The first-order chi connectivity index (χ1) is 25.2. The third-order valence-corrected chi connectivity index (χ3v) is 10.8. The number of allylic oxidation sites excluding steroid dienone is 6. The minimum atomic E-state index is 0.213. The van der Waals surface area contributed by atoms with Crippen molar-refractivity contribution in [2.45, 2.75) is 37.5 Å². The summed E-state index contributed by atoms with van der Waals surface area (Å²) in [6.07, 6.45) is 15.7. The number of para-hydroxylation sites is 1. The molecule has 3 nitrogen and oxygen atoms in total. The van der Waals surface area contributed by atoms with Crippen molar-refractivity contribution in [2.24, 2.45) is 5.92 Å². The van der Waals surface area contributed by atoms with E-state index in [9.17, 15) is 0 Å². The Morgan fingerprint density at radius 3 is 2.20 bits per heavy atom. The van der Waals surface area contributed by atoms with Gasteiger partial charge in [-0.05, 0) is 75.6 Å². The van der Waals surface area contributed by atoms with Gasteiger partial charge in [-0.3, -0.25) is 4.98 Å². The van der Waals surface area contributed by atoms with E-state index in [-0.39, 0.29) is 11.8 Å². The van der Waals surface area contributed by atoms with Gasteiger partial charge in [0.15, 0.2) is 5.82 Å². The number of benzene rings is 5. The van der Waals surface area contributed by atoms with Crippen LogP contribution in [0.25, 0.3) is 49.8 Å². The van der Waals surface area contributed by atoms with Crippen molar-refractivity contribution < 1.29 is 0 Å². The standard InChI is InChI=1S/C48H39N3/c1-32-28-39(33-10-3-2-4-11-33)26-27-42(32)47-30-46(37-22-18-34(19-23-37)41-29-40-13-6-8-17-45(40)49-31-41)50-48(51-47)38-24-20-36(21-25-38)44-16-9-14-35-12-5-7-15-43(35)44/h2-18,20-27,29-32,34,39,42H,19,28H2,1H3. The fraction of sp³-hybridized carbons (Fsp3) is 0.146. The van der Waals surface area contributed by atoms with Crippen LogP contribution >= 0.6 is 0 Å². The van der Waals surface area contributed by atoms with Crippen molar-refractivity contribution in [1.29, 1.82) is 0 Å².